The minimum atomic E-state index is -1.19. The van der Waals surface area contributed by atoms with Crippen LogP contribution in [-0.4, -0.2) is 13.4 Å². The molecule has 2 heteroatoms. The third-order valence-electron chi connectivity index (χ3n) is 0.655. The average molecular weight is 215 g/mol. The van der Waals surface area contributed by atoms with Gasteiger partial charge in [-0.1, -0.05) is 41.5 Å². The molecular weight excluding hydrogens is 204 g/mol. The van der Waals surface area contributed by atoms with Gasteiger partial charge in [0.1, 0.15) is 8.07 Å². The summed E-state index contributed by atoms with van der Waals surface area (Å²) in [4.78, 5) is 0. The lowest BCUT2D eigenvalue weighted by atomic mass is 10.6. The molecule has 0 aliphatic carbocycles. The lowest BCUT2D eigenvalue weighted by Crippen LogP contribution is -2.16. The van der Waals surface area contributed by atoms with Crippen molar-refractivity contribution in [3.05, 3.63) is 0 Å². The van der Waals surface area contributed by atoms with Gasteiger partial charge in [-0.15, -0.1) is 5.54 Å². The van der Waals surface area contributed by atoms with Gasteiger partial charge in [-0.25, -0.2) is 0 Å². The SMILES string of the molecule is C[Si](C)(C)C#CC#CCBr. The van der Waals surface area contributed by atoms with Crippen LogP contribution in [0.25, 0.3) is 0 Å². The molecule has 0 amide bonds. The van der Waals surface area contributed by atoms with Crippen LogP contribution in [0.2, 0.25) is 19.6 Å². The van der Waals surface area contributed by atoms with Gasteiger partial charge < -0.3 is 0 Å². The molecule has 0 rings (SSSR count). The zero-order chi connectivity index (χ0) is 8.04. The molecule has 0 fully saturated rings. The van der Waals surface area contributed by atoms with Crippen molar-refractivity contribution in [3.63, 3.8) is 0 Å². The van der Waals surface area contributed by atoms with Crippen molar-refractivity contribution in [3.8, 4) is 23.3 Å². The standard InChI is InChI=1S/C8H11BrSi/c1-10(2,3)8-6-4-5-7-9/h7H2,1-3H3. The monoisotopic (exact) mass is 214 g/mol. The molecule has 0 aromatic carbocycles. The maximum Gasteiger partial charge on any atom is 0.130 e. The van der Waals surface area contributed by atoms with Crippen LogP contribution in [0, 0.1) is 23.3 Å². The molecular formula is C8H11BrSi. The number of halogens is 1. The Bertz CT molecular complexity index is 203. The van der Waals surface area contributed by atoms with Crippen molar-refractivity contribution in [2.45, 2.75) is 19.6 Å². The van der Waals surface area contributed by atoms with Crippen molar-refractivity contribution in [2.24, 2.45) is 0 Å². The fraction of sp³-hybridized carbons (Fsp3) is 0.500. The van der Waals surface area contributed by atoms with Crippen LogP contribution in [0.5, 0.6) is 0 Å². The van der Waals surface area contributed by atoms with Crippen LogP contribution >= 0.6 is 15.9 Å². The van der Waals surface area contributed by atoms with Gasteiger partial charge in [0.2, 0.25) is 0 Å². The molecule has 0 aliphatic heterocycles. The van der Waals surface area contributed by atoms with E-state index in [0.717, 1.165) is 0 Å². The number of rotatable bonds is 0. The molecule has 0 aliphatic rings. The van der Waals surface area contributed by atoms with E-state index < -0.39 is 8.07 Å². The minimum absolute atomic E-state index is 0.716. The van der Waals surface area contributed by atoms with Gasteiger partial charge >= 0.3 is 0 Å². The van der Waals surface area contributed by atoms with Crippen molar-refractivity contribution >= 4 is 24.0 Å². The number of alkyl halides is 1. The summed E-state index contributed by atoms with van der Waals surface area (Å²) in [5, 5.41) is 0.716. The molecule has 0 atom stereocenters. The molecule has 0 radical (unpaired) electrons. The zero-order valence-electron chi connectivity index (χ0n) is 6.59. The number of hydrogen-bond acceptors (Lipinski definition) is 0. The van der Waals surface area contributed by atoms with Crippen molar-refractivity contribution in [1.82, 2.24) is 0 Å². The summed E-state index contributed by atoms with van der Waals surface area (Å²) < 4.78 is 0. The second-order valence-corrected chi connectivity index (χ2v) is 8.25. The predicted octanol–water partition coefficient (Wildman–Crippen LogP) is 2.27. The van der Waals surface area contributed by atoms with Crippen molar-refractivity contribution < 1.29 is 0 Å². The first kappa shape index (κ1) is 9.82. The molecule has 54 valence electrons. The Morgan fingerprint density at radius 3 is 2.20 bits per heavy atom. The maximum absolute atomic E-state index is 3.20. The highest BCUT2D eigenvalue weighted by Gasteiger charge is 2.06. The average Bonchev–Trinajstić information content (AvgIpc) is 1.78. The van der Waals surface area contributed by atoms with Gasteiger partial charge in [0, 0.05) is 0 Å². The van der Waals surface area contributed by atoms with E-state index in [1.54, 1.807) is 0 Å². The molecule has 0 unspecified atom stereocenters. The van der Waals surface area contributed by atoms with E-state index in [9.17, 15) is 0 Å². The van der Waals surface area contributed by atoms with Crippen LogP contribution in [0.1, 0.15) is 0 Å². The van der Waals surface area contributed by atoms with Gasteiger partial charge in [0.15, 0.2) is 0 Å². The van der Waals surface area contributed by atoms with Crippen LogP contribution in [0.3, 0.4) is 0 Å². The molecule has 0 bridgehead atoms. The van der Waals surface area contributed by atoms with E-state index in [1.807, 2.05) is 0 Å². The molecule has 0 heterocycles. The van der Waals surface area contributed by atoms with Crippen molar-refractivity contribution in [2.75, 3.05) is 5.33 Å². The summed E-state index contributed by atoms with van der Waals surface area (Å²) in [5.74, 6) is 8.45. The summed E-state index contributed by atoms with van der Waals surface area (Å²) in [7, 11) is -1.19. The lowest BCUT2D eigenvalue weighted by molar-refractivity contribution is 1.81. The third-order valence-corrected chi connectivity index (χ3v) is 1.81. The van der Waals surface area contributed by atoms with E-state index in [0.29, 0.717) is 5.33 Å². The Kier molecular flexibility index (Phi) is 4.52. The van der Waals surface area contributed by atoms with Crippen LogP contribution in [0.15, 0.2) is 0 Å². The van der Waals surface area contributed by atoms with E-state index in [-0.39, 0.29) is 0 Å². The third kappa shape index (κ3) is 7.82. The maximum atomic E-state index is 3.20. The summed E-state index contributed by atoms with van der Waals surface area (Å²) in [6.45, 7) is 6.61. The summed E-state index contributed by atoms with van der Waals surface area (Å²) in [6.07, 6.45) is 0. The Morgan fingerprint density at radius 1 is 1.20 bits per heavy atom. The highest BCUT2D eigenvalue weighted by molar-refractivity contribution is 9.09. The quantitative estimate of drug-likeness (QED) is 0.330. The summed E-state index contributed by atoms with van der Waals surface area (Å²) in [5.41, 5.74) is 3.15. The Balaban J connectivity index is 3.93. The molecule has 0 spiro atoms. The van der Waals surface area contributed by atoms with E-state index >= 15 is 0 Å². The largest absolute Gasteiger partial charge is 0.130 e. The van der Waals surface area contributed by atoms with Crippen molar-refractivity contribution in [1.29, 1.82) is 0 Å². The predicted molar refractivity (Wildman–Crippen MR) is 52.7 cm³/mol. The van der Waals surface area contributed by atoms with Gasteiger partial charge in [-0.3, -0.25) is 0 Å². The van der Waals surface area contributed by atoms with E-state index in [1.165, 1.54) is 0 Å². The van der Waals surface area contributed by atoms with E-state index in [4.69, 9.17) is 0 Å². The Hall–Kier alpha value is -0.183. The highest BCUT2D eigenvalue weighted by atomic mass is 79.9. The zero-order valence-corrected chi connectivity index (χ0v) is 9.17. The first-order valence-corrected chi connectivity index (χ1v) is 7.74. The first-order valence-electron chi connectivity index (χ1n) is 3.12. The molecule has 0 saturated carbocycles. The molecule has 0 N–H and O–H groups in total. The first-order chi connectivity index (χ1) is 4.56. The number of hydrogen-bond donors (Lipinski definition) is 0. The second-order valence-electron chi connectivity index (χ2n) is 2.94. The summed E-state index contributed by atoms with van der Waals surface area (Å²) in [6, 6.07) is 0. The van der Waals surface area contributed by atoms with Crippen LogP contribution in [0.4, 0.5) is 0 Å². The molecule has 0 aromatic heterocycles. The molecule has 0 saturated heterocycles. The van der Waals surface area contributed by atoms with Crippen LogP contribution < -0.4 is 0 Å². The van der Waals surface area contributed by atoms with Crippen LogP contribution in [-0.2, 0) is 0 Å². The molecule has 0 aromatic rings. The lowest BCUT2D eigenvalue weighted by Gasteiger charge is -2.01. The fourth-order valence-electron chi connectivity index (χ4n) is 0.296. The minimum Gasteiger partial charge on any atom is -0.118 e. The van der Waals surface area contributed by atoms with Gasteiger partial charge in [0.05, 0.1) is 5.33 Å². The fourth-order valence-corrected chi connectivity index (χ4v) is 0.874. The smallest absolute Gasteiger partial charge is 0.118 e. The highest BCUT2D eigenvalue weighted by Crippen LogP contribution is 1.95. The summed E-state index contributed by atoms with van der Waals surface area (Å²) >= 11 is 3.20. The Morgan fingerprint density at radius 2 is 1.80 bits per heavy atom. The van der Waals surface area contributed by atoms with Gasteiger partial charge in [-0.2, -0.15) is 0 Å². The second kappa shape index (κ2) is 4.60. The Labute approximate surface area is 72.5 Å². The van der Waals surface area contributed by atoms with E-state index in [2.05, 4.69) is 58.9 Å². The van der Waals surface area contributed by atoms with Gasteiger partial charge in [-0.05, 0) is 11.8 Å². The van der Waals surface area contributed by atoms with Gasteiger partial charge in [0.25, 0.3) is 0 Å². The normalized spacial score (nSPS) is 8.80. The molecule has 0 nitrogen and oxygen atoms in total. The topological polar surface area (TPSA) is 0 Å². The molecule has 10 heavy (non-hydrogen) atoms.